The fourth-order valence-corrected chi connectivity index (χ4v) is 4.07. The first-order valence-electron chi connectivity index (χ1n) is 7.83. The van der Waals surface area contributed by atoms with Crippen LogP contribution < -0.4 is 10.9 Å². The van der Waals surface area contributed by atoms with E-state index in [-0.39, 0.29) is 33.0 Å². The highest BCUT2D eigenvalue weighted by molar-refractivity contribution is 7.92. The number of aromatic amines is 1. The molecule has 0 atom stereocenters. The lowest BCUT2D eigenvalue weighted by molar-refractivity contribution is 0.460. The minimum absolute atomic E-state index is 0.0649. The first kappa shape index (κ1) is 17.8. The monoisotopic (exact) mass is 383 g/mol. The van der Waals surface area contributed by atoms with Crippen LogP contribution in [0.2, 0.25) is 5.02 Å². The first-order valence-corrected chi connectivity index (χ1v) is 9.76. The van der Waals surface area contributed by atoms with Gasteiger partial charge in [-0.2, -0.15) is 0 Å². The van der Waals surface area contributed by atoms with Gasteiger partial charge in [0.05, 0.1) is 21.7 Å². The minimum Gasteiger partial charge on any atom is -0.504 e. The maximum atomic E-state index is 12.4. The van der Waals surface area contributed by atoms with Crippen LogP contribution in [0.5, 0.6) is 5.75 Å². The van der Waals surface area contributed by atoms with E-state index in [0.717, 1.165) is 12.8 Å². The van der Waals surface area contributed by atoms with Crippen molar-refractivity contribution in [1.82, 2.24) is 9.97 Å². The van der Waals surface area contributed by atoms with Gasteiger partial charge in [-0.05, 0) is 38.8 Å². The van der Waals surface area contributed by atoms with Crippen LogP contribution in [0, 0.1) is 0 Å². The molecule has 0 spiro atoms. The van der Waals surface area contributed by atoms with Gasteiger partial charge in [-0.15, -0.1) is 0 Å². The molecule has 0 saturated heterocycles. The van der Waals surface area contributed by atoms with E-state index in [1.54, 1.807) is 0 Å². The fraction of sp³-hybridized carbons (Fsp3) is 0.375. The number of phenolic OH excluding ortho intramolecular Hbond substituents is 1. The van der Waals surface area contributed by atoms with Gasteiger partial charge >= 0.3 is 0 Å². The van der Waals surface area contributed by atoms with Gasteiger partial charge in [-0.3, -0.25) is 9.78 Å². The Morgan fingerprint density at radius 3 is 2.64 bits per heavy atom. The summed E-state index contributed by atoms with van der Waals surface area (Å²) in [6.07, 6.45) is 1.97. The number of halogens is 1. The van der Waals surface area contributed by atoms with E-state index in [1.165, 1.54) is 32.0 Å². The van der Waals surface area contributed by atoms with E-state index in [4.69, 9.17) is 11.6 Å². The van der Waals surface area contributed by atoms with E-state index in [1.807, 2.05) is 0 Å². The van der Waals surface area contributed by atoms with Crippen molar-refractivity contribution in [2.75, 3.05) is 5.32 Å². The fourth-order valence-electron chi connectivity index (χ4n) is 2.41. The molecule has 1 aliphatic rings. The highest BCUT2D eigenvalue weighted by atomic mass is 35.5. The third kappa shape index (κ3) is 3.50. The largest absolute Gasteiger partial charge is 0.504 e. The number of phenols is 1. The number of hydrogen-bond donors (Lipinski definition) is 3. The molecule has 7 nitrogen and oxygen atoms in total. The number of sulfone groups is 1. The molecule has 0 radical (unpaired) electrons. The average molecular weight is 384 g/mol. The van der Waals surface area contributed by atoms with Gasteiger partial charge in [0.1, 0.15) is 4.90 Å². The molecule has 134 valence electrons. The van der Waals surface area contributed by atoms with Crippen molar-refractivity contribution in [3.63, 3.8) is 0 Å². The Morgan fingerprint density at radius 2 is 2.04 bits per heavy atom. The smallest absolute Gasteiger partial charge is 0.252 e. The second-order valence-electron chi connectivity index (χ2n) is 6.28. The number of rotatable bonds is 5. The van der Waals surface area contributed by atoms with Gasteiger partial charge in [-0.25, -0.2) is 13.4 Å². The molecule has 1 aliphatic carbocycles. The zero-order chi connectivity index (χ0) is 18.4. The standard InChI is InChI=1S/C16H18ClN3O4S/c1-8(2)25(23,24)15-10(17)5-6-11(14(15)22)18-16-19-12(9-3-4-9)7-13(21)20-16/h5-9,22H,3-4H2,1-2H3,(H2,18,19,20,21). The Hall–Kier alpha value is -2.06. The zero-order valence-electron chi connectivity index (χ0n) is 13.7. The van der Waals surface area contributed by atoms with Gasteiger partial charge < -0.3 is 10.4 Å². The normalized spacial score (nSPS) is 14.7. The maximum Gasteiger partial charge on any atom is 0.252 e. The van der Waals surface area contributed by atoms with Crippen LogP contribution in [-0.4, -0.2) is 28.7 Å². The summed E-state index contributed by atoms with van der Waals surface area (Å²) in [5, 5.41) is 12.4. The molecule has 1 fully saturated rings. The number of hydrogen-bond acceptors (Lipinski definition) is 6. The first-order chi connectivity index (χ1) is 11.7. The van der Waals surface area contributed by atoms with E-state index in [0.29, 0.717) is 5.69 Å². The number of nitrogens with one attached hydrogen (secondary N) is 2. The predicted molar refractivity (Wildman–Crippen MR) is 95.6 cm³/mol. The minimum atomic E-state index is -3.79. The van der Waals surface area contributed by atoms with E-state index >= 15 is 0 Å². The molecule has 1 aromatic heterocycles. The lowest BCUT2D eigenvalue weighted by atomic mass is 10.3. The van der Waals surface area contributed by atoms with Crippen LogP contribution in [0.3, 0.4) is 0 Å². The Kier molecular flexibility index (Phi) is 4.51. The topological polar surface area (TPSA) is 112 Å². The summed E-state index contributed by atoms with van der Waals surface area (Å²) < 4.78 is 24.9. The summed E-state index contributed by atoms with van der Waals surface area (Å²) in [6.45, 7) is 3.01. The van der Waals surface area contributed by atoms with Gasteiger partial charge in [-0.1, -0.05) is 11.6 Å². The summed E-state index contributed by atoms with van der Waals surface area (Å²) in [4.78, 5) is 18.3. The molecule has 25 heavy (non-hydrogen) atoms. The van der Waals surface area contributed by atoms with E-state index in [9.17, 15) is 18.3 Å². The van der Waals surface area contributed by atoms with Crippen molar-refractivity contribution >= 4 is 33.1 Å². The number of H-pyrrole nitrogens is 1. The Labute approximate surface area is 150 Å². The average Bonchev–Trinajstić information content (AvgIpc) is 3.34. The molecule has 1 heterocycles. The number of aromatic hydroxyl groups is 1. The van der Waals surface area contributed by atoms with Crippen LogP contribution in [-0.2, 0) is 9.84 Å². The summed E-state index contributed by atoms with van der Waals surface area (Å²) in [5.41, 5.74) is 0.456. The molecule has 1 aromatic carbocycles. The van der Waals surface area contributed by atoms with Crippen molar-refractivity contribution < 1.29 is 13.5 Å². The second-order valence-corrected chi connectivity index (χ2v) is 9.13. The van der Waals surface area contributed by atoms with Crippen LogP contribution in [0.25, 0.3) is 0 Å². The molecule has 0 amide bonds. The van der Waals surface area contributed by atoms with E-state index in [2.05, 4.69) is 15.3 Å². The SMILES string of the molecule is CC(C)S(=O)(=O)c1c(Cl)ccc(Nc2nc(C3CC3)cc(=O)[nH]2)c1O. The van der Waals surface area contributed by atoms with Crippen molar-refractivity contribution in [1.29, 1.82) is 0 Å². The molecule has 0 aliphatic heterocycles. The number of anilines is 2. The molecule has 0 unspecified atom stereocenters. The highest BCUT2D eigenvalue weighted by Gasteiger charge is 2.29. The third-order valence-electron chi connectivity index (χ3n) is 4.00. The zero-order valence-corrected chi connectivity index (χ0v) is 15.3. The van der Waals surface area contributed by atoms with Crippen LogP contribution >= 0.6 is 11.6 Å². The third-order valence-corrected chi connectivity index (χ3v) is 6.65. The number of benzene rings is 1. The van der Waals surface area contributed by atoms with Gasteiger partial charge in [0.15, 0.2) is 15.6 Å². The quantitative estimate of drug-likeness (QED) is 0.684. The lowest BCUT2D eigenvalue weighted by Crippen LogP contribution is -2.15. The molecule has 1 saturated carbocycles. The molecule has 3 N–H and O–H groups in total. The summed E-state index contributed by atoms with van der Waals surface area (Å²) in [6, 6.07) is 4.25. The molecule has 3 rings (SSSR count). The van der Waals surface area contributed by atoms with Crippen molar-refractivity contribution in [3.8, 4) is 5.75 Å². The van der Waals surface area contributed by atoms with Gasteiger partial charge in [0, 0.05) is 12.0 Å². The van der Waals surface area contributed by atoms with Crippen molar-refractivity contribution in [2.45, 2.75) is 42.8 Å². The Morgan fingerprint density at radius 1 is 1.36 bits per heavy atom. The molecule has 0 bridgehead atoms. The summed E-state index contributed by atoms with van der Waals surface area (Å²) >= 11 is 5.99. The second kappa shape index (κ2) is 6.34. The number of aromatic nitrogens is 2. The molecule has 9 heteroatoms. The van der Waals surface area contributed by atoms with Crippen molar-refractivity contribution in [3.05, 3.63) is 39.3 Å². The number of nitrogens with zero attached hydrogens (tertiary/aromatic N) is 1. The van der Waals surface area contributed by atoms with Crippen LogP contribution in [0.15, 0.2) is 27.9 Å². The Bertz CT molecular complexity index is 981. The predicted octanol–water partition coefficient (Wildman–Crippen LogP) is 2.93. The maximum absolute atomic E-state index is 12.4. The van der Waals surface area contributed by atoms with Gasteiger partial charge in [0.2, 0.25) is 5.95 Å². The molecular formula is C16H18ClN3O4S. The van der Waals surface area contributed by atoms with Crippen molar-refractivity contribution in [2.24, 2.45) is 0 Å². The summed E-state index contributed by atoms with van der Waals surface area (Å²) in [7, 11) is -3.79. The van der Waals surface area contributed by atoms with Crippen LogP contribution in [0.1, 0.15) is 38.3 Å². The highest BCUT2D eigenvalue weighted by Crippen LogP contribution is 2.40. The summed E-state index contributed by atoms with van der Waals surface area (Å²) in [5.74, 6) is -0.0841. The molecular weight excluding hydrogens is 366 g/mol. The van der Waals surface area contributed by atoms with E-state index < -0.39 is 20.8 Å². The Balaban J connectivity index is 2.04. The van der Waals surface area contributed by atoms with Gasteiger partial charge in [0.25, 0.3) is 5.56 Å². The van der Waals surface area contributed by atoms with Crippen LogP contribution in [0.4, 0.5) is 11.6 Å². The lowest BCUT2D eigenvalue weighted by Gasteiger charge is -2.15. The molecule has 2 aromatic rings.